The monoisotopic (exact) mass is 709 g/mol. The number of esters is 1. The van der Waals surface area contributed by atoms with E-state index in [1.807, 2.05) is 0 Å². The first-order valence-electron chi connectivity index (χ1n) is 15.5. The number of aliphatic hydroxyl groups is 2. The van der Waals surface area contributed by atoms with Crippen LogP contribution in [0.2, 0.25) is 0 Å². The van der Waals surface area contributed by atoms with Crippen LogP contribution in [-0.4, -0.2) is 107 Å². The van der Waals surface area contributed by atoms with Crippen LogP contribution >= 0.6 is 12.4 Å². The van der Waals surface area contributed by atoms with Gasteiger partial charge in [0.15, 0.2) is 18.7 Å². The molecule has 6 N–H and O–H groups in total. The molecule has 0 radical (unpaired) electrons. The Morgan fingerprint density at radius 2 is 1.71 bits per heavy atom. The van der Waals surface area contributed by atoms with Gasteiger partial charge in [-0.2, -0.15) is 0 Å². The Morgan fingerprint density at radius 1 is 1.06 bits per heavy atom. The number of fused-ring (bicyclic) bond motifs is 3. The van der Waals surface area contributed by atoms with Gasteiger partial charge in [-0.05, 0) is 26.8 Å². The van der Waals surface area contributed by atoms with Gasteiger partial charge in [-0.15, -0.1) is 12.4 Å². The Kier molecular flexibility index (Phi) is 11.7. The molecule has 1 saturated heterocycles. The van der Waals surface area contributed by atoms with Crippen molar-refractivity contribution in [1.82, 2.24) is 0 Å². The van der Waals surface area contributed by atoms with Gasteiger partial charge in [0.1, 0.15) is 22.8 Å². The Hall–Kier alpha value is -3.67. The molecule has 49 heavy (non-hydrogen) atoms. The Labute approximate surface area is 287 Å². The molecule has 0 bridgehead atoms. The van der Waals surface area contributed by atoms with Gasteiger partial charge in [-0.1, -0.05) is 12.1 Å². The number of carbonyl (C=O) groups excluding carboxylic acids is 4. The third kappa shape index (κ3) is 6.90. The number of phenols is 2. The van der Waals surface area contributed by atoms with Gasteiger partial charge in [0.05, 0.1) is 42.1 Å². The van der Waals surface area contributed by atoms with Crippen molar-refractivity contribution in [1.29, 1.82) is 0 Å². The first kappa shape index (κ1) is 38.1. The molecule has 15 nitrogen and oxygen atoms in total. The largest absolute Gasteiger partial charge is 0.507 e. The van der Waals surface area contributed by atoms with Crippen molar-refractivity contribution >= 4 is 35.7 Å². The molecule has 5 rings (SSSR count). The normalized spacial score (nSPS) is 25.9. The molecule has 2 aromatic rings. The van der Waals surface area contributed by atoms with E-state index >= 15 is 0 Å². The van der Waals surface area contributed by atoms with Crippen LogP contribution in [0.25, 0.3) is 0 Å². The molecule has 1 fully saturated rings. The molecule has 1 aliphatic heterocycles. The van der Waals surface area contributed by atoms with Crippen molar-refractivity contribution in [3.63, 3.8) is 0 Å². The summed E-state index contributed by atoms with van der Waals surface area (Å²) in [5, 5.41) is 45.4. The predicted molar refractivity (Wildman–Crippen MR) is 170 cm³/mol. The molecule has 16 heteroatoms. The zero-order valence-corrected chi connectivity index (χ0v) is 28.1. The van der Waals surface area contributed by atoms with Gasteiger partial charge in [0, 0.05) is 55.2 Å². The van der Waals surface area contributed by atoms with Gasteiger partial charge in [0.2, 0.25) is 11.6 Å². The van der Waals surface area contributed by atoms with Gasteiger partial charge in [0.25, 0.3) is 6.29 Å². The number of aliphatic hydroxyl groups excluding tert-OH is 1. The second-order valence-electron chi connectivity index (χ2n) is 11.9. The van der Waals surface area contributed by atoms with E-state index in [4.69, 9.17) is 34.2 Å². The number of phenolic OH excluding ortho intramolecular Hbond substituents is 2. The lowest BCUT2D eigenvalue weighted by Crippen LogP contribution is -2.53. The fourth-order valence-corrected chi connectivity index (χ4v) is 6.43. The highest BCUT2D eigenvalue weighted by atomic mass is 35.5. The number of Topliss-reactive ketones (excluding diaryl/α,β-unsaturated/α-hetero) is 1. The van der Waals surface area contributed by atoms with Gasteiger partial charge in [-0.3, -0.25) is 14.4 Å². The average Bonchev–Trinajstić information content (AvgIpc) is 3.05. The average molecular weight is 710 g/mol. The number of rotatable bonds is 11. The first-order valence-corrected chi connectivity index (χ1v) is 15.5. The summed E-state index contributed by atoms with van der Waals surface area (Å²) in [5.41, 5.74) is 2.06. The Bertz CT molecular complexity index is 1610. The van der Waals surface area contributed by atoms with Gasteiger partial charge >= 0.3 is 5.97 Å². The summed E-state index contributed by atoms with van der Waals surface area (Å²) in [6.07, 6.45) is -7.01. The molecule has 0 spiro atoms. The second kappa shape index (κ2) is 15.1. The van der Waals surface area contributed by atoms with Crippen molar-refractivity contribution < 1.29 is 68.0 Å². The van der Waals surface area contributed by atoms with Crippen molar-refractivity contribution in [2.24, 2.45) is 5.73 Å². The molecule has 0 amide bonds. The minimum Gasteiger partial charge on any atom is -0.507 e. The molecule has 0 saturated carbocycles. The quantitative estimate of drug-likeness (QED) is 0.108. The number of hydrogen-bond donors (Lipinski definition) is 5. The molecule has 1 heterocycles. The molecule has 3 aliphatic rings. The fraction of sp³-hybridized carbons (Fsp3) is 0.515. The molecule has 0 aromatic heterocycles. The highest BCUT2D eigenvalue weighted by Crippen LogP contribution is 2.52. The Morgan fingerprint density at radius 3 is 2.33 bits per heavy atom. The lowest BCUT2D eigenvalue weighted by molar-refractivity contribution is -0.247. The van der Waals surface area contributed by atoms with Crippen molar-refractivity contribution in [3.8, 4) is 17.2 Å². The minimum atomic E-state index is -2.38. The lowest BCUT2D eigenvalue weighted by atomic mass is 9.72. The number of methoxy groups -OCH3 is 1. The predicted octanol–water partition coefficient (Wildman–Crippen LogP) is 1.37. The van der Waals surface area contributed by atoms with E-state index < -0.39 is 108 Å². The number of aromatic hydroxyl groups is 2. The fourth-order valence-electron chi connectivity index (χ4n) is 6.43. The molecule has 268 valence electrons. The van der Waals surface area contributed by atoms with Crippen molar-refractivity contribution in [2.75, 3.05) is 26.9 Å². The topological polar surface area (TPSA) is 231 Å². The number of ketones is 3. The molecule has 2 aromatic carbocycles. The number of halogens is 1. The third-order valence-electron chi connectivity index (χ3n) is 8.84. The van der Waals surface area contributed by atoms with Crippen LogP contribution in [-0.2, 0) is 39.7 Å². The summed E-state index contributed by atoms with van der Waals surface area (Å²) in [5.74, 6) is -5.00. The van der Waals surface area contributed by atoms with E-state index in [0.29, 0.717) is 0 Å². The number of benzene rings is 2. The SMILES string of the molecule is CCOC(OCC)C(=O)OCC(=O)C1(O)Cc2c(O)c3c(c(O)c2C(OC2CC(N)C(O)C(C)O2)C1)C(=O)c1c(OC)cccc1C3=O.Cl. The highest BCUT2D eigenvalue weighted by molar-refractivity contribution is 6.31. The van der Waals surface area contributed by atoms with E-state index in [-0.39, 0.29) is 60.0 Å². The summed E-state index contributed by atoms with van der Waals surface area (Å²) in [6.45, 7) is 4.12. The van der Waals surface area contributed by atoms with Crippen LogP contribution in [0.1, 0.15) is 82.7 Å². The third-order valence-corrected chi connectivity index (χ3v) is 8.84. The zero-order valence-electron chi connectivity index (χ0n) is 27.3. The molecule has 6 atom stereocenters. The molecule has 6 unspecified atom stereocenters. The summed E-state index contributed by atoms with van der Waals surface area (Å²) in [6, 6.07) is 3.55. The standard InChI is InChI=1S/C33H39NO14.ClH/c1-5-44-32(45-6-2)31(41)46-13-20(35)33(42)11-16-23(19(12-33)48-21-10-17(34)26(36)14(3)47-21)30(40)25-24(28(16)38)27(37)15-8-7-9-18(43-4)22(15)29(25)39;/h7-9,14,17,19,21,26,32,36,38,40,42H,5-6,10-13,34H2,1-4H3;1H. The van der Waals surface area contributed by atoms with Crippen LogP contribution in [0.4, 0.5) is 0 Å². The number of ether oxygens (including phenoxy) is 6. The van der Waals surface area contributed by atoms with Gasteiger partial charge in [-0.25, -0.2) is 4.79 Å². The van der Waals surface area contributed by atoms with Crippen LogP contribution < -0.4 is 10.5 Å². The summed E-state index contributed by atoms with van der Waals surface area (Å²) in [4.78, 5) is 53.7. The van der Waals surface area contributed by atoms with Crippen LogP contribution in [0.5, 0.6) is 17.2 Å². The van der Waals surface area contributed by atoms with E-state index in [2.05, 4.69) is 0 Å². The summed E-state index contributed by atoms with van der Waals surface area (Å²) < 4.78 is 32.7. The van der Waals surface area contributed by atoms with Crippen LogP contribution in [0.3, 0.4) is 0 Å². The summed E-state index contributed by atoms with van der Waals surface area (Å²) in [7, 11) is 1.31. The van der Waals surface area contributed by atoms with Crippen LogP contribution in [0, 0.1) is 0 Å². The molecule has 2 aliphatic carbocycles. The first-order chi connectivity index (χ1) is 22.8. The van der Waals surface area contributed by atoms with Gasteiger partial charge < -0.3 is 54.6 Å². The maximum atomic E-state index is 13.9. The highest BCUT2D eigenvalue weighted by Gasteiger charge is 2.50. The zero-order chi connectivity index (χ0) is 35.1. The van der Waals surface area contributed by atoms with E-state index in [9.17, 15) is 39.6 Å². The van der Waals surface area contributed by atoms with Crippen molar-refractivity contribution in [3.05, 3.63) is 51.6 Å². The molecular formula is C33H40ClNO14. The second-order valence-corrected chi connectivity index (χ2v) is 11.9. The Balaban J connectivity index is 0.00000541. The maximum absolute atomic E-state index is 13.9. The number of carbonyl (C=O) groups is 4. The summed E-state index contributed by atoms with van der Waals surface area (Å²) >= 11 is 0. The van der Waals surface area contributed by atoms with E-state index in [1.54, 1.807) is 20.8 Å². The minimum absolute atomic E-state index is 0. The smallest absolute Gasteiger partial charge is 0.363 e. The van der Waals surface area contributed by atoms with E-state index in [1.165, 1.54) is 25.3 Å². The molecular weight excluding hydrogens is 670 g/mol. The maximum Gasteiger partial charge on any atom is 0.363 e. The van der Waals surface area contributed by atoms with Crippen molar-refractivity contribution in [2.45, 2.75) is 82.6 Å². The number of nitrogens with two attached hydrogens (primary N) is 1. The van der Waals surface area contributed by atoms with Crippen LogP contribution in [0.15, 0.2) is 18.2 Å². The lowest BCUT2D eigenvalue weighted by Gasteiger charge is -2.42. The van der Waals surface area contributed by atoms with E-state index in [0.717, 1.165) is 0 Å². The number of hydrogen-bond acceptors (Lipinski definition) is 15.